The fraction of sp³-hybridized carbons (Fsp3) is 0.333. The second-order valence-electron chi connectivity index (χ2n) is 2.20. The number of nitrogens with zero attached hydrogens (tertiary/aromatic N) is 1. The largest absolute Gasteiger partial charge is 0.294 e. The SMILES string of the molecule is [O]CS(=O)(=O)C1=CC(=O)CC=N1. The molecule has 1 rings (SSSR count). The van der Waals surface area contributed by atoms with E-state index in [-0.39, 0.29) is 12.2 Å². The molecule has 0 fully saturated rings. The molecule has 0 N–H and O–H groups in total. The normalized spacial score (nSPS) is 17.8. The second-order valence-corrected chi connectivity index (χ2v) is 4.08. The summed E-state index contributed by atoms with van der Waals surface area (Å²) in [5.74, 6) is -1.62. The van der Waals surface area contributed by atoms with Crippen molar-refractivity contribution in [2.75, 3.05) is 5.94 Å². The van der Waals surface area contributed by atoms with E-state index in [0.717, 1.165) is 6.08 Å². The van der Waals surface area contributed by atoms with Crippen LogP contribution in [0.3, 0.4) is 0 Å². The zero-order chi connectivity index (χ0) is 9.19. The van der Waals surface area contributed by atoms with Crippen LogP contribution in [0, 0.1) is 0 Å². The van der Waals surface area contributed by atoms with Gasteiger partial charge in [0.2, 0.25) is 9.84 Å². The maximum Gasteiger partial charge on any atom is 0.222 e. The zero-order valence-electron chi connectivity index (χ0n) is 6.06. The van der Waals surface area contributed by atoms with Gasteiger partial charge in [0.15, 0.2) is 16.8 Å². The number of sulfone groups is 1. The summed E-state index contributed by atoms with van der Waals surface area (Å²) < 4.78 is 21.7. The molecule has 0 saturated carbocycles. The van der Waals surface area contributed by atoms with Gasteiger partial charge in [-0.25, -0.2) is 18.5 Å². The predicted octanol–water partition coefficient (Wildman–Crippen LogP) is -0.326. The highest BCUT2D eigenvalue weighted by atomic mass is 32.2. The Hall–Kier alpha value is -1.01. The average Bonchev–Trinajstić information content (AvgIpc) is 2.05. The molecule has 1 aliphatic rings. The van der Waals surface area contributed by atoms with E-state index in [9.17, 15) is 18.3 Å². The quantitative estimate of drug-likeness (QED) is 0.595. The molecule has 0 aromatic heterocycles. The maximum atomic E-state index is 10.9. The van der Waals surface area contributed by atoms with Gasteiger partial charge in [0.05, 0.1) is 0 Å². The van der Waals surface area contributed by atoms with Crippen molar-refractivity contribution in [2.24, 2.45) is 4.99 Å². The van der Waals surface area contributed by atoms with E-state index in [1.165, 1.54) is 6.21 Å². The van der Waals surface area contributed by atoms with Crippen LogP contribution in [0.2, 0.25) is 0 Å². The topological polar surface area (TPSA) is 83.5 Å². The molecule has 12 heavy (non-hydrogen) atoms. The summed E-state index contributed by atoms with van der Waals surface area (Å²) >= 11 is 0. The van der Waals surface area contributed by atoms with Crippen molar-refractivity contribution < 1.29 is 18.3 Å². The van der Waals surface area contributed by atoms with Crippen molar-refractivity contribution >= 4 is 21.8 Å². The molecule has 0 aromatic carbocycles. The number of carbonyl (C=O) groups is 1. The van der Waals surface area contributed by atoms with Crippen LogP contribution >= 0.6 is 0 Å². The van der Waals surface area contributed by atoms with Crippen LogP contribution in [0.1, 0.15) is 6.42 Å². The molecule has 0 atom stereocenters. The molecule has 0 saturated heterocycles. The van der Waals surface area contributed by atoms with Crippen LogP contribution in [0.15, 0.2) is 16.1 Å². The Labute approximate surface area is 69.3 Å². The van der Waals surface area contributed by atoms with Gasteiger partial charge in [-0.2, -0.15) is 0 Å². The highest BCUT2D eigenvalue weighted by Gasteiger charge is 2.19. The maximum absolute atomic E-state index is 10.9. The molecule has 6 heteroatoms. The highest BCUT2D eigenvalue weighted by Crippen LogP contribution is 2.11. The number of rotatable bonds is 2. The Balaban J connectivity index is 3.05. The lowest BCUT2D eigenvalue weighted by molar-refractivity contribution is -0.113. The molecule has 1 aliphatic heterocycles. The van der Waals surface area contributed by atoms with E-state index in [0.29, 0.717) is 0 Å². The third kappa shape index (κ3) is 1.77. The Kier molecular flexibility index (Phi) is 2.39. The first kappa shape index (κ1) is 9.08. The molecule has 0 bridgehead atoms. The van der Waals surface area contributed by atoms with E-state index in [4.69, 9.17) is 0 Å². The molecular formula is C6H6NO4S. The Bertz CT molecular complexity index is 352. The molecule has 5 nitrogen and oxygen atoms in total. The van der Waals surface area contributed by atoms with Crippen molar-refractivity contribution in [3.8, 4) is 0 Å². The second kappa shape index (κ2) is 3.16. The summed E-state index contributed by atoms with van der Waals surface area (Å²) in [5.41, 5.74) is 0. The minimum absolute atomic E-state index is 0.0951. The third-order valence-corrected chi connectivity index (χ3v) is 2.44. The molecule has 0 aliphatic carbocycles. The Morgan fingerprint density at radius 1 is 1.50 bits per heavy atom. The molecule has 0 spiro atoms. The van der Waals surface area contributed by atoms with Crippen molar-refractivity contribution in [3.05, 3.63) is 11.1 Å². The van der Waals surface area contributed by atoms with Crippen LogP contribution in [0.5, 0.6) is 0 Å². The van der Waals surface area contributed by atoms with Gasteiger partial charge >= 0.3 is 0 Å². The van der Waals surface area contributed by atoms with E-state index in [2.05, 4.69) is 4.99 Å². The number of allylic oxidation sites excluding steroid dienone is 1. The van der Waals surface area contributed by atoms with Gasteiger partial charge in [-0.1, -0.05) is 0 Å². The minimum Gasteiger partial charge on any atom is -0.294 e. The first-order chi connectivity index (χ1) is 5.56. The molecule has 0 amide bonds. The van der Waals surface area contributed by atoms with Crippen LogP contribution in [0.4, 0.5) is 0 Å². The highest BCUT2D eigenvalue weighted by molar-refractivity contribution is 7.95. The van der Waals surface area contributed by atoms with Gasteiger partial charge in [-0.05, 0) is 0 Å². The monoisotopic (exact) mass is 188 g/mol. The summed E-state index contributed by atoms with van der Waals surface area (Å²) in [4.78, 5) is 14.2. The Morgan fingerprint density at radius 3 is 2.67 bits per heavy atom. The smallest absolute Gasteiger partial charge is 0.222 e. The van der Waals surface area contributed by atoms with Gasteiger partial charge in [0.1, 0.15) is 0 Å². The number of hydrogen-bond donors (Lipinski definition) is 0. The van der Waals surface area contributed by atoms with E-state index < -0.39 is 20.8 Å². The van der Waals surface area contributed by atoms with Gasteiger partial charge in [-0.15, -0.1) is 0 Å². The molecule has 0 aromatic rings. The molecule has 65 valence electrons. The van der Waals surface area contributed by atoms with Gasteiger partial charge in [0.25, 0.3) is 0 Å². The van der Waals surface area contributed by atoms with E-state index in [1.807, 2.05) is 0 Å². The van der Waals surface area contributed by atoms with Crippen LogP contribution < -0.4 is 0 Å². The van der Waals surface area contributed by atoms with Crippen molar-refractivity contribution in [2.45, 2.75) is 6.42 Å². The van der Waals surface area contributed by atoms with Gasteiger partial charge < -0.3 is 0 Å². The lowest BCUT2D eigenvalue weighted by atomic mass is 10.3. The van der Waals surface area contributed by atoms with Crippen LogP contribution in [-0.2, 0) is 19.7 Å². The predicted molar refractivity (Wildman–Crippen MR) is 40.7 cm³/mol. The molecule has 0 unspecified atom stereocenters. The summed E-state index contributed by atoms with van der Waals surface area (Å²) in [6.07, 6.45) is 2.16. The first-order valence-electron chi connectivity index (χ1n) is 3.14. The summed E-state index contributed by atoms with van der Waals surface area (Å²) in [6, 6.07) is 0. The summed E-state index contributed by atoms with van der Waals surface area (Å²) in [6.45, 7) is 0. The zero-order valence-corrected chi connectivity index (χ0v) is 6.87. The van der Waals surface area contributed by atoms with Crippen LogP contribution in [-0.4, -0.2) is 26.4 Å². The first-order valence-corrected chi connectivity index (χ1v) is 4.79. The fourth-order valence-electron chi connectivity index (χ4n) is 0.690. The third-order valence-electron chi connectivity index (χ3n) is 1.27. The van der Waals surface area contributed by atoms with E-state index in [1.54, 1.807) is 0 Å². The molecular weight excluding hydrogens is 182 g/mol. The van der Waals surface area contributed by atoms with Crippen LogP contribution in [0.25, 0.3) is 0 Å². The van der Waals surface area contributed by atoms with Crippen molar-refractivity contribution in [1.29, 1.82) is 0 Å². The van der Waals surface area contributed by atoms with Crippen molar-refractivity contribution in [1.82, 2.24) is 0 Å². The van der Waals surface area contributed by atoms with Gasteiger partial charge in [0, 0.05) is 18.7 Å². The van der Waals surface area contributed by atoms with Gasteiger partial charge in [-0.3, -0.25) is 4.79 Å². The summed E-state index contributed by atoms with van der Waals surface area (Å²) in [7, 11) is -3.87. The fourth-order valence-corrected chi connectivity index (χ4v) is 1.36. The Morgan fingerprint density at radius 2 is 2.17 bits per heavy atom. The number of carbonyl (C=O) groups excluding carboxylic acids is 1. The number of ketones is 1. The lowest BCUT2D eigenvalue weighted by Gasteiger charge is -2.02. The molecule has 1 radical (unpaired) electrons. The number of aliphatic imine (C=N–C) groups is 1. The average molecular weight is 188 g/mol. The number of hydrogen-bond acceptors (Lipinski definition) is 4. The summed E-state index contributed by atoms with van der Waals surface area (Å²) in [5, 5.41) is 9.72. The lowest BCUT2D eigenvalue weighted by Crippen LogP contribution is -2.11. The minimum atomic E-state index is -3.87. The standard InChI is InChI=1S/C6H6NO4S/c8-4-12(10,11)6-3-5(9)1-2-7-6/h2-3H,1,4H2. The van der Waals surface area contributed by atoms with E-state index >= 15 is 0 Å². The van der Waals surface area contributed by atoms with Crippen molar-refractivity contribution in [3.63, 3.8) is 0 Å². The molecule has 1 heterocycles.